The van der Waals surface area contributed by atoms with Crippen LogP contribution in [0.1, 0.15) is 5.56 Å². The first-order valence-corrected chi connectivity index (χ1v) is 10.4. The average Bonchev–Trinajstić information content (AvgIpc) is 3.66. The highest BCUT2D eigenvalue weighted by atomic mass is 16.6. The highest BCUT2D eigenvalue weighted by molar-refractivity contribution is 6.05. The molecule has 1 saturated heterocycles. The minimum Gasteiger partial charge on any atom is -0.405 e. The number of nitrogens with two attached hydrogens (primary N) is 1. The molecule has 3 heterocycles. The van der Waals surface area contributed by atoms with Crippen LogP contribution in [-0.2, 0) is 9.53 Å². The van der Waals surface area contributed by atoms with E-state index in [1.165, 1.54) is 12.3 Å². The molecule has 1 fully saturated rings. The Morgan fingerprint density at radius 3 is 2.88 bits per heavy atom. The Kier molecular flexibility index (Phi) is 5.20. The summed E-state index contributed by atoms with van der Waals surface area (Å²) in [5.41, 5.74) is 9.50. The summed E-state index contributed by atoms with van der Waals surface area (Å²) in [6.45, 7) is 2.33. The number of carbonyl (C=O) groups is 1. The summed E-state index contributed by atoms with van der Waals surface area (Å²) in [6.07, 6.45) is 5.98. The Morgan fingerprint density at radius 2 is 2.09 bits per heavy atom. The van der Waals surface area contributed by atoms with E-state index in [1.807, 2.05) is 37.3 Å². The molecule has 33 heavy (non-hydrogen) atoms. The zero-order valence-electron chi connectivity index (χ0n) is 17.9. The van der Waals surface area contributed by atoms with Gasteiger partial charge in [0.05, 0.1) is 29.0 Å². The monoisotopic (exact) mass is 439 g/mol. The van der Waals surface area contributed by atoms with Crippen molar-refractivity contribution in [3.8, 4) is 5.69 Å². The first-order chi connectivity index (χ1) is 16.0. The van der Waals surface area contributed by atoms with Crippen LogP contribution in [0.2, 0.25) is 0 Å². The van der Waals surface area contributed by atoms with Gasteiger partial charge in [-0.15, -0.1) is 0 Å². The number of ether oxygens (including phenoxy) is 1. The number of pyridine rings is 2. The summed E-state index contributed by atoms with van der Waals surface area (Å²) < 4.78 is 6.71. The van der Waals surface area contributed by atoms with E-state index in [4.69, 9.17) is 10.5 Å². The smallest absolute Gasteiger partial charge is 0.255 e. The van der Waals surface area contributed by atoms with Crippen LogP contribution in [0.5, 0.6) is 0 Å². The van der Waals surface area contributed by atoms with Crippen molar-refractivity contribution in [3.63, 3.8) is 0 Å². The number of hydrogen-bond donors (Lipinski definition) is 2. The topological polar surface area (TPSA) is 115 Å². The zero-order valence-corrected chi connectivity index (χ0v) is 17.9. The summed E-state index contributed by atoms with van der Waals surface area (Å²) in [6, 6.07) is 14.4. The van der Waals surface area contributed by atoms with E-state index in [0.29, 0.717) is 29.2 Å². The Labute approximate surface area is 189 Å². The molecule has 1 aliphatic heterocycles. The third-order valence-electron chi connectivity index (χ3n) is 5.48. The molecule has 8 heteroatoms. The maximum Gasteiger partial charge on any atom is 0.255 e. The molecule has 3 N–H and O–H groups in total. The molecule has 2 aromatic heterocycles. The van der Waals surface area contributed by atoms with E-state index >= 15 is 0 Å². The number of allylic oxidation sites excluding steroid dienone is 1. The van der Waals surface area contributed by atoms with Gasteiger partial charge in [0, 0.05) is 34.9 Å². The van der Waals surface area contributed by atoms with Crippen molar-refractivity contribution in [2.24, 2.45) is 10.7 Å². The predicted octanol–water partition coefficient (Wildman–Crippen LogP) is 3.36. The fourth-order valence-electron chi connectivity index (χ4n) is 3.71. The molecule has 0 aliphatic carbocycles. The van der Waals surface area contributed by atoms with Crippen molar-refractivity contribution in [2.75, 3.05) is 11.9 Å². The molecule has 8 nitrogen and oxygen atoms in total. The number of epoxide rings is 1. The van der Waals surface area contributed by atoms with Crippen LogP contribution >= 0.6 is 0 Å². The van der Waals surface area contributed by atoms with Gasteiger partial charge in [-0.25, -0.2) is 0 Å². The zero-order chi connectivity index (χ0) is 22.9. The Bertz CT molecular complexity index is 1520. The van der Waals surface area contributed by atoms with Crippen molar-refractivity contribution in [2.45, 2.75) is 13.0 Å². The molecular formula is C25H21N5O3. The standard InChI is InChI=1S/C25H21N5O3/c1-15-3-6-18(12-21(15)29-25(32)22-14-33-22)30-23(31)8-4-16-13-28-20-7-5-17(27-10-2-9-26)11-19(20)24(16)30/h2-13,22H,14,26H2,1H3,(H,29,32). The van der Waals surface area contributed by atoms with E-state index in [9.17, 15) is 9.59 Å². The first-order valence-electron chi connectivity index (χ1n) is 10.4. The third-order valence-corrected chi connectivity index (χ3v) is 5.48. The Balaban J connectivity index is 1.72. The van der Waals surface area contributed by atoms with Gasteiger partial charge in [-0.05, 0) is 61.2 Å². The number of anilines is 1. The van der Waals surface area contributed by atoms with Gasteiger partial charge < -0.3 is 15.8 Å². The lowest BCUT2D eigenvalue weighted by Crippen LogP contribution is -2.20. The minimum atomic E-state index is -0.406. The molecule has 1 aliphatic rings. The van der Waals surface area contributed by atoms with Gasteiger partial charge in [-0.1, -0.05) is 6.07 Å². The number of aryl methyl sites for hydroxylation is 1. The number of nitrogens with zero attached hydrogens (tertiary/aromatic N) is 3. The van der Waals surface area contributed by atoms with Crippen LogP contribution in [0.25, 0.3) is 27.5 Å². The van der Waals surface area contributed by atoms with Crippen LogP contribution in [0, 0.1) is 6.92 Å². The molecule has 1 amide bonds. The molecule has 5 rings (SSSR count). The SMILES string of the molecule is Cc1ccc(-n2c(=O)ccc3cnc4ccc(N=CC=CN)cc4c32)cc1NC(=O)C1CO1. The second kappa shape index (κ2) is 8.33. The molecule has 2 aromatic carbocycles. The number of rotatable bonds is 5. The summed E-state index contributed by atoms with van der Waals surface area (Å²) in [7, 11) is 0. The number of benzene rings is 2. The lowest BCUT2D eigenvalue weighted by atomic mass is 10.1. The molecule has 164 valence electrons. The van der Waals surface area contributed by atoms with E-state index in [2.05, 4.69) is 15.3 Å². The summed E-state index contributed by atoms with van der Waals surface area (Å²) >= 11 is 0. The van der Waals surface area contributed by atoms with Crippen molar-refractivity contribution in [1.82, 2.24) is 9.55 Å². The number of hydrogen-bond acceptors (Lipinski definition) is 6. The minimum absolute atomic E-state index is 0.191. The van der Waals surface area contributed by atoms with E-state index in [0.717, 1.165) is 21.9 Å². The van der Waals surface area contributed by atoms with Gasteiger partial charge in [0.2, 0.25) is 0 Å². The second-order valence-electron chi connectivity index (χ2n) is 7.74. The first kappa shape index (κ1) is 20.6. The van der Waals surface area contributed by atoms with Gasteiger partial charge in [-0.2, -0.15) is 0 Å². The van der Waals surface area contributed by atoms with Gasteiger partial charge in [0.25, 0.3) is 11.5 Å². The lowest BCUT2D eigenvalue weighted by Gasteiger charge is -2.15. The molecule has 0 bridgehead atoms. The number of carbonyl (C=O) groups excluding carboxylic acids is 1. The molecular weight excluding hydrogens is 418 g/mol. The van der Waals surface area contributed by atoms with Crippen LogP contribution in [0.15, 0.2) is 76.8 Å². The maximum absolute atomic E-state index is 13.1. The van der Waals surface area contributed by atoms with Gasteiger partial charge in [-0.3, -0.25) is 24.1 Å². The molecule has 0 radical (unpaired) electrons. The van der Waals surface area contributed by atoms with Crippen molar-refractivity contribution < 1.29 is 9.53 Å². The maximum atomic E-state index is 13.1. The van der Waals surface area contributed by atoms with E-state index in [-0.39, 0.29) is 11.5 Å². The van der Waals surface area contributed by atoms with Crippen molar-refractivity contribution in [3.05, 3.63) is 82.9 Å². The molecule has 0 spiro atoms. The summed E-state index contributed by atoms with van der Waals surface area (Å²) in [5.74, 6) is -0.191. The second-order valence-corrected chi connectivity index (χ2v) is 7.74. The largest absolute Gasteiger partial charge is 0.405 e. The molecule has 1 unspecified atom stereocenters. The quantitative estimate of drug-likeness (QED) is 0.281. The van der Waals surface area contributed by atoms with Gasteiger partial charge >= 0.3 is 0 Å². The van der Waals surface area contributed by atoms with E-state index in [1.54, 1.807) is 35.2 Å². The normalized spacial score (nSPS) is 15.6. The number of aliphatic imine (C=N–C) groups is 1. The summed E-state index contributed by atoms with van der Waals surface area (Å²) in [4.78, 5) is 34.3. The molecule has 0 saturated carbocycles. The van der Waals surface area contributed by atoms with Gasteiger partial charge in [0.1, 0.15) is 0 Å². The molecule has 4 aromatic rings. The fraction of sp³-hybridized carbons (Fsp3) is 0.120. The third kappa shape index (κ3) is 3.99. The number of fused-ring (bicyclic) bond motifs is 3. The highest BCUT2D eigenvalue weighted by Crippen LogP contribution is 2.29. The number of nitrogens with one attached hydrogen (secondary N) is 1. The van der Waals surface area contributed by atoms with Crippen molar-refractivity contribution in [1.29, 1.82) is 0 Å². The Hall–Kier alpha value is -4.30. The van der Waals surface area contributed by atoms with Gasteiger partial charge in [0.15, 0.2) is 6.10 Å². The van der Waals surface area contributed by atoms with Crippen LogP contribution < -0.4 is 16.6 Å². The Morgan fingerprint density at radius 1 is 1.24 bits per heavy atom. The fourth-order valence-corrected chi connectivity index (χ4v) is 3.71. The van der Waals surface area contributed by atoms with Crippen LogP contribution in [0.4, 0.5) is 11.4 Å². The average molecular weight is 439 g/mol. The number of aromatic nitrogens is 2. The van der Waals surface area contributed by atoms with Crippen LogP contribution in [0.3, 0.4) is 0 Å². The highest BCUT2D eigenvalue weighted by Gasteiger charge is 2.31. The molecule has 1 atom stereocenters. The van der Waals surface area contributed by atoms with Crippen molar-refractivity contribution >= 4 is 45.3 Å². The number of amides is 1. The predicted molar refractivity (Wildman–Crippen MR) is 129 cm³/mol. The van der Waals surface area contributed by atoms with Crippen LogP contribution in [-0.4, -0.2) is 34.4 Å². The van der Waals surface area contributed by atoms with E-state index < -0.39 is 6.10 Å². The lowest BCUT2D eigenvalue weighted by molar-refractivity contribution is -0.117. The summed E-state index contributed by atoms with van der Waals surface area (Å²) in [5, 5.41) is 4.49.